The molecule has 0 aromatic carbocycles. The molecule has 1 aliphatic carbocycles. The van der Waals surface area contributed by atoms with Crippen LogP contribution in [0.25, 0.3) is 0 Å². The van der Waals surface area contributed by atoms with Crippen LogP contribution in [-0.4, -0.2) is 132 Å². The number of allylic oxidation sites excluding steroid dienone is 6. The zero-order chi connectivity index (χ0) is 48.2. The number of rotatable bonds is 6. The number of piperidine rings is 1. The molecule has 3 fully saturated rings. The van der Waals surface area contributed by atoms with E-state index in [0.29, 0.717) is 63.4 Å². The molecule has 0 aromatic rings. The van der Waals surface area contributed by atoms with Crippen LogP contribution >= 0.6 is 0 Å². The molecule has 4 rings (SSSR count). The summed E-state index contributed by atoms with van der Waals surface area (Å²) in [6, 6.07) is -1.14. The molecule has 366 valence electrons. The first-order chi connectivity index (χ1) is 30.7. The van der Waals surface area contributed by atoms with Gasteiger partial charge in [-0.15, -0.1) is 0 Å². The number of amides is 1. The zero-order valence-corrected chi connectivity index (χ0v) is 40.6. The van der Waals surface area contributed by atoms with Crippen LogP contribution in [0.5, 0.6) is 0 Å². The monoisotopic (exact) mass is 914 g/mol. The van der Waals surface area contributed by atoms with Crippen molar-refractivity contribution in [1.82, 2.24) is 4.90 Å². The third kappa shape index (κ3) is 14.3. The van der Waals surface area contributed by atoms with E-state index in [1.165, 1.54) is 12.0 Å². The van der Waals surface area contributed by atoms with Crippen molar-refractivity contribution in [2.75, 3.05) is 27.9 Å². The molecule has 1 saturated carbocycles. The lowest BCUT2D eigenvalue weighted by Gasteiger charge is -2.42. The Morgan fingerprint density at radius 3 is 2.26 bits per heavy atom. The summed E-state index contributed by atoms with van der Waals surface area (Å²) in [6.07, 6.45) is 11.2. The van der Waals surface area contributed by atoms with Crippen LogP contribution in [0.1, 0.15) is 126 Å². The second-order valence-electron chi connectivity index (χ2n) is 19.6. The molecule has 2 saturated heterocycles. The minimum Gasteiger partial charge on any atom is -0.460 e. The van der Waals surface area contributed by atoms with Gasteiger partial charge in [0, 0.05) is 58.5 Å². The molecule has 0 spiro atoms. The van der Waals surface area contributed by atoms with Gasteiger partial charge < -0.3 is 43.9 Å². The summed E-state index contributed by atoms with van der Waals surface area (Å²) in [5.74, 6) is -7.93. The van der Waals surface area contributed by atoms with E-state index in [9.17, 15) is 39.3 Å². The molecular formula is C51H79NO13. The summed E-state index contributed by atoms with van der Waals surface area (Å²) < 4.78 is 29.4. The fourth-order valence-corrected chi connectivity index (χ4v) is 10.1. The zero-order valence-electron chi connectivity index (χ0n) is 40.6. The predicted octanol–water partition coefficient (Wildman–Crippen LogP) is 6.18. The van der Waals surface area contributed by atoms with E-state index in [2.05, 4.69) is 0 Å². The van der Waals surface area contributed by atoms with Gasteiger partial charge in [0.2, 0.25) is 5.79 Å². The summed E-state index contributed by atoms with van der Waals surface area (Å²) in [5, 5.41) is 33.9. The number of aliphatic hydroxyl groups excluding tert-OH is 2. The molecule has 3 N–H and O–H groups in total. The number of nitrogens with zero attached hydrogens (tertiary/aromatic N) is 1. The molecule has 3 unspecified atom stereocenters. The largest absolute Gasteiger partial charge is 0.460 e. The van der Waals surface area contributed by atoms with Crippen molar-refractivity contribution in [3.05, 3.63) is 47.6 Å². The van der Waals surface area contributed by atoms with E-state index in [1.54, 1.807) is 41.1 Å². The third-order valence-corrected chi connectivity index (χ3v) is 14.5. The van der Waals surface area contributed by atoms with Gasteiger partial charge in [0.15, 0.2) is 11.6 Å². The van der Waals surface area contributed by atoms with Crippen molar-refractivity contribution in [2.45, 2.75) is 180 Å². The van der Waals surface area contributed by atoms with Crippen LogP contribution in [0.4, 0.5) is 0 Å². The van der Waals surface area contributed by atoms with Gasteiger partial charge >= 0.3 is 5.97 Å². The van der Waals surface area contributed by atoms with Gasteiger partial charge in [-0.25, -0.2) is 4.79 Å². The Labute approximate surface area is 387 Å². The van der Waals surface area contributed by atoms with Crippen LogP contribution in [-0.2, 0) is 47.7 Å². The molecule has 65 heavy (non-hydrogen) atoms. The van der Waals surface area contributed by atoms with Crippen molar-refractivity contribution in [3.63, 3.8) is 0 Å². The molecule has 3 heterocycles. The molecule has 14 nitrogen and oxygen atoms in total. The highest BCUT2D eigenvalue weighted by Crippen LogP contribution is 2.38. The molecule has 2 bridgehead atoms. The van der Waals surface area contributed by atoms with E-state index in [4.69, 9.17) is 23.7 Å². The highest BCUT2D eigenvalue weighted by Gasteiger charge is 2.53. The lowest BCUT2D eigenvalue weighted by molar-refractivity contribution is -0.265. The van der Waals surface area contributed by atoms with E-state index in [0.717, 1.165) is 12.0 Å². The second kappa shape index (κ2) is 25.1. The number of aliphatic hydroxyl groups is 3. The number of esters is 1. The molecule has 14 heteroatoms. The predicted molar refractivity (Wildman–Crippen MR) is 245 cm³/mol. The summed E-state index contributed by atoms with van der Waals surface area (Å²) in [4.78, 5) is 71.7. The van der Waals surface area contributed by atoms with Gasteiger partial charge in [-0.05, 0) is 107 Å². The lowest BCUT2D eigenvalue weighted by Crippen LogP contribution is -2.61. The average Bonchev–Trinajstić information content (AvgIpc) is 3.28. The number of methoxy groups -OCH3 is 3. The first-order valence-corrected chi connectivity index (χ1v) is 23.9. The summed E-state index contributed by atoms with van der Waals surface area (Å²) in [6.45, 7) is 12.7. The first kappa shape index (κ1) is 54.2. The number of carbonyl (C=O) groups excluding carboxylic acids is 5. The fourth-order valence-electron chi connectivity index (χ4n) is 10.1. The van der Waals surface area contributed by atoms with Gasteiger partial charge in [-0.1, -0.05) is 71.1 Å². The van der Waals surface area contributed by atoms with Crippen molar-refractivity contribution in [3.8, 4) is 0 Å². The Balaban J connectivity index is 1.70. The van der Waals surface area contributed by atoms with Crippen LogP contribution in [0.3, 0.4) is 0 Å². The SMILES string of the molecule is CO[C@@H]1C[C@@H]2CC[C@@H](C)[C@@](O)(O2)C(=O)C(=O)N2CCCC[C@H]2C(=O)OC([C@H](C)CC2CC[C@@H](O)[C@H](OC)C2)CC(=O)C(C)=CC(C)[C@@H](O)[C@@H](OC)C(=O)[C@@H](C)C[C@H](C)C=CC=CC=C1C. The third-order valence-electron chi connectivity index (χ3n) is 14.5. The van der Waals surface area contributed by atoms with Gasteiger partial charge in [-0.3, -0.25) is 19.2 Å². The number of fused-ring (bicyclic) bond motifs is 3. The fraction of sp³-hybridized carbons (Fsp3) is 0.745. The van der Waals surface area contributed by atoms with Crippen LogP contribution in [0.2, 0.25) is 0 Å². The number of hydrogen-bond acceptors (Lipinski definition) is 13. The minimum absolute atomic E-state index is 0.0220. The molecule has 0 radical (unpaired) electrons. The Kier molecular flexibility index (Phi) is 21.0. The van der Waals surface area contributed by atoms with Crippen LogP contribution in [0.15, 0.2) is 47.6 Å². The lowest BCUT2D eigenvalue weighted by atomic mass is 9.78. The highest BCUT2D eigenvalue weighted by atomic mass is 16.6. The number of Topliss-reactive ketones (excluding diaryl/α,β-unsaturated/α-hetero) is 3. The molecule has 3 aliphatic heterocycles. The summed E-state index contributed by atoms with van der Waals surface area (Å²) in [5.41, 5.74) is 1.19. The Hall–Kier alpha value is -3.37. The standard InChI is InChI=1S/C51H79NO13/c1-30-16-12-11-13-17-31(2)42(61-8)28-38-21-19-36(7)51(60,65-38)48(57)49(58)52-23-15-14-18-39(52)50(59)64-43(33(4)26-37-20-22-40(53)44(27-37)62-9)29-41(54)32(3)25-35(6)46(56)47(63-10)45(55)34(5)24-30/h11-13,16-17,25,30,33-40,42-44,46-47,53,56,60H,14-15,18-24,26-29H2,1-10H3/t30-,33-,34+,35?,36-,37?,38+,39+,40-,42-,43?,44-,46-,47+,51-/m1/s1. The quantitative estimate of drug-likeness (QED) is 0.202. The Morgan fingerprint density at radius 1 is 0.862 bits per heavy atom. The Morgan fingerprint density at radius 2 is 1.58 bits per heavy atom. The van der Waals surface area contributed by atoms with Gasteiger partial charge in [0.1, 0.15) is 18.2 Å². The second-order valence-corrected chi connectivity index (χ2v) is 19.6. The molecule has 1 amide bonds. The maximum atomic E-state index is 14.4. The summed E-state index contributed by atoms with van der Waals surface area (Å²) >= 11 is 0. The smallest absolute Gasteiger partial charge is 0.329 e. The van der Waals surface area contributed by atoms with Crippen LogP contribution < -0.4 is 0 Å². The Bertz CT molecular complexity index is 1760. The van der Waals surface area contributed by atoms with Crippen molar-refractivity contribution in [2.24, 2.45) is 35.5 Å². The van der Waals surface area contributed by atoms with Gasteiger partial charge in [0.25, 0.3) is 11.7 Å². The van der Waals surface area contributed by atoms with E-state index in [-0.39, 0.29) is 54.8 Å². The average molecular weight is 914 g/mol. The van der Waals surface area contributed by atoms with Gasteiger partial charge in [-0.2, -0.15) is 0 Å². The first-order valence-electron chi connectivity index (χ1n) is 23.9. The minimum atomic E-state index is -2.43. The number of ether oxygens (including phenoxy) is 5. The van der Waals surface area contributed by atoms with Crippen molar-refractivity contribution < 1.29 is 63.0 Å². The van der Waals surface area contributed by atoms with Crippen molar-refractivity contribution in [1.29, 1.82) is 0 Å². The molecule has 0 aromatic heterocycles. The maximum Gasteiger partial charge on any atom is 0.329 e. The molecule has 15 atom stereocenters. The maximum absolute atomic E-state index is 14.4. The van der Waals surface area contributed by atoms with E-state index in [1.807, 2.05) is 58.1 Å². The normalized spacial score (nSPS) is 37.8. The van der Waals surface area contributed by atoms with Gasteiger partial charge in [0.05, 0.1) is 30.5 Å². The summed E-state index contributed by atoms with van der Waals surface area (Å²) in [7, 11) is 4.53. The van der Waals surface area contributed by atoms with Crippen LogP contribution in [0, 0.1) is 35.5 Å². The molecular weight excluding hydrogens is 835 g/mol. The van der Waals surface area contributed by atoms with E-state index >= 15 is 0 Å². The topological polar surface area (TPSA) is 195 Å². The number of cyclic esters (lactones) is 1. The highest BCUT2D eigenvalue weighted by molar-refractivity contribution is 6.39. The van der Waals surface area contributed by atoms with E-state index < -0.39 is 83.9 Å². The number of carbonyl (C=O) groups is 5. The van der Waals surface area contributed by atoms with Crippen molar-refractivity contribution >= 4 is 29.2 Å². The number of hydrogen-bond donors (Lipinski definition) is 3. The molecule has 4 aliphatic rings. The number of ketones is 3.